The second kappa shape index (κ2) is 4.14. The average molecular weight is 219 g/mol. The normalized spacial score (nSPS) is 10.1. The molecule has 0 saturated carbocycles. The fourth-order valence-electron chi connectivity index (χ4n) is 1.32. The van der Waals surface area contributed by atoms with Gasteiger partial charge in [0.1, 0.15) is 0 Å². The first kappa shape index (κ1) is 10.4. The molecule has 0 unspecified atom stereocenters. The summed E-state index contributed by atoms with van der Waals surface area (Å²) in [5, 5.41) is 0. The summed E-state index contributed by atoms with van der Waals surface area (Å²) >= 11 is 0. The number of methoxy groups -OCH3 is 1. The van der Waals surface area contributed by atoms with Crippen LogP contribution in [0.1, 0.15) is 0 Å². The lowest BCUT2D eigenvalue weighted by atomic mass is 10.3. The minimum Gasteiger partial charge on any atom is -0.493 e. The highest BCUT2D eigenvalue weighted by molar-refractivity contribution is 5.52. The lowest BCUT2D eigenvalue weighted by Gasteiger charge is -2.10. The smallest absolute Gasteiger partial charge is 0.301 e. The molecule has 2 N–H and O–H groups in total. The predicted molar refractivity (Wildman–Crippen MR) is 60.7 cm³/mol. The van der Waals surface area contributed by atoms with Crippen LogP contribution in [0, 0.1) is 0 Å². The van der Waals surface area contributed by atoms with E-state index in [4.69, 9.17) is 15.2 Å². The number of nitrogen functional groups attached to an aromatic ring is 1. The number of benzene rings is 1. The maximum atomic E-state index is 5.69. The number of rotatable bonds is 3. The van der Waals surface area contributed by atoms with Crippen LogP contribution in [0.3, 0.4) is 0 Å². The molecular formula is C11H13N3O2. The molecule has 5 heteroatoms. The summed E-state index contributed by atoms with van der Waals surface area (Å²) in [6.07, 6.45) is 3.46. The van der Waals surface area contributed by atoms with Gasteiger partial charge in [-0.25, -0.2) is 4.98 Å². The molecule has 84 valence electrons. The zero-order valence-electron chi connectivity index (χ0n) is 9.18. The highest BCUT2D eigenvalue weighted by Crippen LogP contribution is 2.32. The van der Waals surface area contributed by atoms with Crippen molar-refractivity contribution in [2.75, 3.05) is 12.8 Å². The van der Waals surface area contributed by atoms with Gasteiger partial charge in [-0.15, -0.1) is 0 Å². The minimum absolute atomic E-state index is 0.490. The van der Waals surface area contributed by atoms with Crippen molar-refractivity contribution in [2.24, 2.45) is 7.05 Å². The summed E-state index contributed by atoms with van der Waals surface area (Å²) in [5.41, 5.74) is 6.30. The lowest BCUT2D eigenvalue weighted by molar-refractivity contribution is 0.362. The topological polar surface area (TPSA) is 62.3 Å². The predicted octanol–water partition coefficient (Wildman–Crippen LogP) is 1.80. The van der Waals surface area contributed by atoms with Crippen molar-refractivity contribution in [3.63, 3.8) is 0 Å². The Bertz CT molecular complexity index is 494. The number of hydrogen-bond donors (Lipinski definition) is 1. The number of imidazole rings is 1. The van der Waals surface area contributed by atoms with Gasteiger partial charge in [-0.05, 0) is 12.1 Å². The van der Waals surface area contributed by atoms with E-state index in [1.807, 2.05) is 7.05 Å². The van der Waals surface area contributed by atoms with Crippen LogP contribution in [0.15, 0.2) is 30.6 Å². The molecule has 2 rings (SSSR count). The lowest BCUT2D eigenvalue weighted by Crippen LogP contribution is -1.97. The molecule has 0 atom stereocenters. The molecule has 0 saturated heterocycles. The maximum absolute atomic E-state index is 5.69. The van der Waals surface area contributed by atoms with Gasteiger partial charge in [0.15, 0.2) is 11.5 Å². The van der Waals surface area contributed by atoms with Gasteiger partial charge in [0.05, 0.1) is 7.11 Å². The Hall–Kier alpha value is -2.17. The molecule has 0 aliphatic carbocycles. The third-order valence-corrected chi connectivity index (χ3v) is 2.17. The van der Waals surface area contributed by atoms with Crippen LogP contribution in [0.2, 0.25) is 0 Å². The van der Waals surface area contributed by atoms with E-state index in [0.717, 1.165) is 0 Å². The Morgan fingerprint density at radius 3 is 2.75 bits per heavy atom. The van der Waals surface area contributed by atoms with E-state index in [1.165, 1.54) is 0 Å². The van der Waals surface area contributed by atoms with Gasteiger partial charge in [0, 0.05) is 31.2 Å². The Labute approximate surface area is 93.4 Å². The van der Waals surface area contributed by atoms with Crippen molar-refractivity contribution in [2.45, 2.75) is 0 Å². The molecule has 0 radical (unpaired) electrons. The van der Waals surface area contributed by atoms with Crippen LogP contribution in [-0.4, -0.2) is 16.7 Å². The number of ether oxygens (including phenoxy) is 2. The van der Waals surface area contributed by atoms with E-state index in [2.05, 4.69) is 4.98 Å². The van der Waals surface area contributed by atoms with E-state index in [0.29, 0.717) is 23.2 Å². The molecule has 0 aliphatic rings. The Morgan fingerprint density at radius 2 is 2.12 bits per heavy atom. The van der Waals surface area contributed by atoms with Crippen LogP contribution >= 0.6 is 0 Å². The average Bonchev–Trinajstić information content (AvgIpc) is 2.65. The molecule has 5 nitrogen and oxygen atoms in total. The van der Waals surface area contributed by atoms with Crippen molar-refractivity contribution in [3.05, 3.63) is 30.6 Å². The van der Waals surface area contributed by atoms with E-state index >= 15 is 0 Å². The third kappa shape index (κ3) is 1.93. The highest BCUT2D eigenvalue weighted by atomic mass is 16.5. The van der Waals surface area contributed by atoms with Gasteiger partial charge in [-0.2, -0.15) is 0 Å². The van der Waals surface area contributed by atoms with Gasteiger partial charge in [0.2, 0.25) is 0 Å². The van der Waals surface area contributed by atoms with Crippen LogP contribution in [-0.2, 0) is 7.05 Å². The minimum atomic E-state index is 0.490. The first-order valence-electron chi connectivity index (χ1n) is 4.79. The molecule has 2 aromatic rings. The van der Waals surface area contributed by atoms with Crippen molar-refractivity contribution < 1.29 is 9.47 Å². The van der Waals surface area contributed by atoms with Gasteiger partial charge in [0.25, 0.3) is 0 Å². The second-order valence-corrected chi connectivity index (χ2v) is 3.33. The number of aromatic nitrogens is 2. The van der Waals surface area contributed by atoms with E-state index < -0.39 is 0 Å². The summed E-state index contributed by atoms with van der Waals surface area (Å²) in [5.74, 6) is 1.18. The standard InChI is InChI=1S/C11H13N3O2/c1-14-6-5-13-11(14)16-10-7-8(12)3-4-9(10)15-2/h3-7H,12H2,1-2H3. The molecule has 0 bridgehead atoms. The van der Waals surface area contributed by atoms with E-state index in [-0.39, 0.29) is 0 Å². The molecule has 0 aliphatic heterocycles. The van der Waals surface area contributed by atoms with Crippen molar-refractivity contribution >= 4 is 5.69 Å². The zero-order valence-corrected chi connectivity index (χ0v) is 9.18. The Morgan fingerprint density at radius 1 is 1.31 bits per heavy atom. The number of nitrogens with two attached hydrogens (primary N) is 1. The van der Waals surface area contributed by atoms with Gasteiger partial charge >= 0.3 is 6.01 Å². The van der Waals surface area contributed by atoms with Crippen molar-refractivity contribution in [1.29, 1.82) is 0 Å². The first-order valence-corrected chi connectivity index (χ1v) is 4.79. The number of hydrogen-bond acceptors (Lipinski definition) is 4. The summed E-state index contributed by atoms with van der Waals surface area (Å²) in [6, 6.07) is 5.70. The summed E-state index contributed by atoms with van der Waals surface area (Å²) < 4.78 is 12.5. The highest BCUT2D eigenvalue weighted by Gasteiger charge is 2.08. The third-order valence-electron chi connectivity index (χ3n) is 2.17. The fourth-order valence-corrected chi connectivity index (χ4v) is 1.32. The van der Waals surface area contributed by atoms with Crippen molar-refractivity contribution in [1.82, 2.24) is 9.55 Å². The zero-order chi connectivity index (χ0) is 11.5. The molecule has 1 aromatic heterocycles. The largest absolute Gasteiger partial charge is 0.493 e. The van der Waals surface area contributed by atoms with Crippen LogP contribution in [0.25, 0.3) is 0 Å². The molecule has 0 fully saturated rings. The fraction of sp³-hybridized carbons (Fsp3) is 0.182. The van der Waals surface area contributed by atoms with E-state index in [1.54, 1.807) is 42.3 Å². The molecule has 1 aromatic carbocycles. The number of nitrogens with zero attached hydrogens (tertiary/aromatic N) is 2. The van der Waals surface area contributed by atoms with Gasteiger partial charge in [-0.3, -0.25) is 0 Å². The van der Waals surface area contributed by atoms with Crippen LogP contribution < -0.4 is 15.2 Å². The maximum Gasteiger partial charge on any atom is 0.301 e. The van der Waals surface area contributed by atoms with Gasteiger partial charge < -0.3 is 19.8 Å². The first-order chi connectivity index (χ1) is 7.70. The SMILES string of the molecule is COc1ccc(N)cc1Oc1nccn1C. The van der Waals surface area contributed by atoms with E-state index in [9.17, 15) is 0 Å². The second-order valence-electron chi connectivity index (χ2n) is 3.33. The van der Waals surface area contributed by atoms with Gasteiger partial charge in [-0.1, -0.05) is 0 Å². The monoisotopic (exact) mass is 219 g/mol. The van der Waals surface area contributed by atoms with Crippen LogP contribution in [0.5, 0.6) is 17.5 Å². The number of aryl methyl sites for hydroxylation is 1. The number of anilines is 1. The summed E-state index contributed by atoms with van der Waals surface area (Å²) in [6.45, 7) is 0. The molecule has 0 amide bonds. The molecule has 16 heavy (non-hydrogen) atoms. The Kier molecular flexibility index (Phi) is 2.68. The molecular weight excluding hydrogens is 206 g/mol. The quantitative estimate of drug-likeness (QED) is 0.799. The molecule has 0 spiro atoms. The summed E-state index contributed by atoms with van der Waals surface area (Å²) in [7, 11) is 3.43. The van der Waals surface area contributed by atoms with Crippen LogP contribution in [0.4, 0.5) is 5.69 Å². The summed E-state index contributed by atoms with van der Waals surface area (Å²) in [4.78, 5) is 4.06. The Balaban J connectivity index is 2.33. The van der Waals surface area contributed by atoms with Crippen molar-refractivity contribution in [3.8, 4) is 17.5 Å². The molecule has 1 heterocycles.